The van der Waals surface area contributed by atoms with Gasteiger partial charge < -0.3 is 9.84 Å². The third kappa shape index (κ3) is 3.68. The van der Waals surface area contributed by atoms with Gasteiger partial charge in [-0.15, -0.1) is 0 Å². The first-order chi connectivity index (χ1) is 5.25. The number of carbonyl (C=O) groups is 1. The summed E-state index contributed by atoms with van der Waals surface area (Å²) in [5.74, 6) is -0.937. The highest BCUT2D eigenvalue weighted by Gasteiger charge is 2.21. The third-order valence-corrected chi connectivity index (χ3v) is 2.53. The van der Waals surface area contributed by atoms with E-state index in [0.29, 0.717) is 0 Å². The number of ether oxygens (including phenoxy) is 1. The zero-order chi connectivity index (χ0) is 9.94. The topological polar surface area (TPSA) is 80.7 Å². The van der Waals surface area contributed by atoms with Crippen LogP contribution in [0.4, 0.5) is 0 Å². The van der Waals surface area contributed by atoms with Gasteiger partial charge in [-0.2, -0.15) is 0 Å². The number of hydrogen-bond acceptors (Lipinski definition) is 5. The first-order valence-corrected chi connectivity index (χ1v) is 5.28. The Balaban J connectivity index is 4.21. The minimum absolute atomic E-state index is 0.937. The minimum Gasteiger partial charge on any atom is -0.444 e. The number of aliphatic hydroxyl groups excluding tert-OH is 1. The lowest BCUT2D eigenvalue weighted by atomic mass is 10.4. The van der Waals surface area contributed by atoms with Gasteiger partial charge in [-0.1, -0.05) is 0 Å². The smallest absolute Gasteiger partial charge is 0.335 e. The van der Waals surface area contributed by atoms with E-state index < -0.39 is 27.3 Å². The predicted molar refractivity (Wildman–Crippen MR) is 42.1 cm³/mol. The molecule has 0 saturated heterocycles. The maximum Gasteiger partial charge on any atom is 0.335 e. The molecule has 2 atom stereocenters. The summed E-state index contributed by atoms with van der Waals surface area (Å²) in [5, 5.41) is 8.67. The number of esters is 1. The maximum atomic E-state index is 10.7. The van der Waals surface area contributed by atoms with E-state index in [2.05, 4.69) is 4.74 Å². The first kappa shape index (κ1) is 11.4. The van der Waals surface area contributed by atoms with Crippen LogP contribution in [-0.2, 0) is 19.4 Å². The van der Waals surface area contributed by atoms with Crippen LogP contribution >= 0.6 is 0 Å². The van der Waals surface area contributed by atoms with E-state index in [-0.39, 0.29) is 0 Å². The van der Waals surface area contributed by atoms with Gasteiger partial charge in [-0.25, -0.2) is 13.2 Å². The summed E-state index contributed by atoms with van der Waals surface area (Å²) < 4.78 is 25.9. The molecule has 0 radical (unpaired) electrons. The van der Waals surface area contributed by atoms with E-state index in [1.165, 1.54) is 13.8 Å². The second kappa shape index (κ2) is 3.86. The molecule has 0 aliphatic rings. The molecule has 0 amide bonds. The lowest BCUT2D eigenvalue weighted by molar-refractivity contribution is -0.153. The van der Waals surface area contributed by atoms with Crippen LogP contribution in [0.2, 0.25) is 0 Å². The number of sulfone groups is 1. The second-order valence-corrected chi connectivity index (χ2v) is 4.83. The Morgan fingerprint density at radius 1 is 1.42 bits per heavy atom. The summed E-state index contributed by atoms with van der Waals surface area (Å²) in [5.41, 5.74) is -1.21. The molecule has 0 heterocycles. The molecule has 72 valence electrons. The number of aliphatic hydroxyl groups is 1. The molecule has 0 aromatic heterocycles. The molecule has 0 spiro atoms. The Morgan fingerprint density at radius 2 is 1.83 bits per heavy atom. The standard InChI is InChI=1S/C6H12O5S/c1-4(7)6(8)11-5(2)12(3,9)10/h4-5,7H,1-3H3. The minimum atomic E-state index is -3.39. The lowest BCUT2D eigenvalue weighted by Crippen LogP contribution is -2.28. The fourth-order valence-corrected chi connectivity index (χ4v) is 0.619. The monoisotopic (exact) mass is 196 g/mol. The van der Waals surface area contributed by atoms with Gasteiger partial charge in [-0.3, -0.25) is 0 Å². The largest absolute Gasteiger partial charge is 0.444 e. The summed E-state index contributed by atoms with van der Waals surface area (Å²) in [4.78, 5) is 10.7. The van der Waals surface area contributed by atoms with Crippen LogP contribution in [-0.4, -0.2) is 37.3 Å². The predicted octanol–water partition coefficient (Wildman–Crippen LogP) is -0.699. The molecule has 1 N–H and O–H groups in total. The second-order valence-electron chi connectivity index (χ2n) is 2.51. The van der Waals surface area contributed by atoms with E-state index in [1.54, 1.807) is 0 Å². The molecule has 5 nitrogen and oxygen atoms in total. The Kier molecular flexibility index (Phi) is 3.66. The molecule has 0 aliphatic heterocycles. The van der Waals surface area contributed by atoms with Crippen molar-refractivity contribution in [1.29, 1.82) is 0 Å². The van der Waals surface area contributed by atoms with Crippen LogP contribution in [0.25, 0.3) is 0 Å². The first-order valence-electron chi connectivity index (χ1n) is 3.32. The van der Waals surface area contributed by atoms with Crippen molar-refractivity contribution in [3.05, 3.63) is 0 Å². The number of hydrogen-bond donors (Lipinski definition) is 1. The molecule has 0 aromatic rings. The molecule has 6 heteroatoms. The van der Waals surface area contributed by atoms with Gasteiger partial charge in [0.2, 0.25) is 0 Å². The molecule has 0 fully saturated rings. The SMILES string of the molecule is CC(O)C(=O)OC(C)S(C)(=O)=O. The van der Waals surface area contributed by atoms with Crippen LogP contribution in [0.3, 0.4) is 0 Å². The van der Waals surface area contributed by atoms with Crippen molar-refractivity contribution >= 4 is 15.8 Å². The zero-order valence-corrected chi connectivity index (χ0v) is 7.96. The highest BCUT2D eigenvalue weighted by Crippen LogP contribution is 2.01. The quantitative estimate of drug-likeness (QED) is 0.604. The average molecular weight is 196 g/mol. The van der Waals surface area contributed by atoms with E-state index in [1.807, 2.05) is 0 Å². The van der Waals surface area contributed by atoms with Crippen LogP contribution in [0.1, 0.15) is 13.8 Å². The van der Waals surface area contributed by atoms with Crippen LogP contribution in [0.15, 0.2) is 0 Å². The normalized spacial score (nSPS) is 16.7. The molecule has 0 bridgehead atoms. The van der Waals surface area contributed by atoms with Crippen molar-refractivity contribution in [3.63, 3.8) is 0 Å². The van der Waals surface area contributed by atoms with Gasteiger partial charge in [0.15, 0.2) is 15.3 Å². The highest BCUT2D eigenvalue weighted by atomic mass is 32.2. The van der Waals surface area contributed by atoms with Gasteiger partial charge >= 0.3 is 5.97 Å². The van der Waals surface area contributed by atoms with Crippen molar-refractivity contribution in [2.45, 2.75) is 25.4 Å². The van der Waals surface area contributed by atoms with Gasteiger partial charge in [0, 0.05) is 6.26 Å². The number of carbonyl (C=O) groups excluding carboxylic acids is 1. The van der Waals surface area contributed by atoms with E-state index >= 15 is 0 Å². The van der Waals surface area contributed by atoms with Gasteiger partial charge in [0.1, 0.15) is 6.10 Å². The molecule has 0 rings (SSSR count). The van der Waals surface area contributed by atoms with Gasteiger partial charge in [-0.05, 0) is 13.8 Å². The van der Waals surface area contributed by atoms with E-state index in [0.717, 1.165) is 6.26 Å². The molecule has 0 aromatic carbocycles. The lowest BCUT2D eigenvalue weighted by Gasteiger charge is -2.11. The average Bonchev–Trinajstić information content (AvgIpc) is 1.85. The fraction of sp³-hybridized carbons (Fsp3) is 0.833. The molecular weight excluding hydrogens is 184 g/mol. The summed E-state index contributed by atoms with van der Waals surface area (Å²) in [6.07, 6.45) is -0.346. The maximum absolute atomic E-state index is 10.7. The fourth-order valence-electron chi connectivity index (χ4n) is 0.349. The zero-order valence-electron chi connectivity index (χ0n) is 7.14. The molecule has 0 aliphatic carbocycles. The van der Waals surface area contributed by atoms with Crippen molar-refractivity contribution in [1.82, 2.24) is 0 Å². The van der Waals surface area contributed by atoms with Crippen molar-refractivity contribution in [2.75, 3.05) is 6.26 Å². The number of rotatable bonds is 3. The Hall–Kier alpha value is -0.620. The summed E-state index contributed by atoms with van der Waals surface area (Å²) in [6, 6.07) is 0. The highest BCUT2D eigenvalue weighted by molar-refractivity contribution is 7.91. The molecular formula is C6H12O5S. The van der Waals surface area contributed by atoms with Crippen molar-refractivity contribution in [2.24, 2.45) is 0 Å². The van der Waals surface area contributed by atoms with Crippen LogP contribution in [0, 0.1) is 0 Å². The summed E-state index contributed by atoms with van der Waals surface area (Å²) >= 11 is 0. The van der Waals surface area contributed by atoms with E-state index in [4.69, 9.17) is 5.11 Å². The van der Waals surface area contributed by atoms with Gasteiger partial charge in [0.05, 0.1) is 0 Å². The van der Waals surface area contributed by atoms with Crippen molar-refractivity contribution in [3.8, 4) is 0 Å². The summed E-state index contributed by atoms with van der Waals surface area (Å²) in [7, 11) is -3.39. The Labute approximate surface area is 71.3 Å². The Morgan fingerprint density at radius 3 is 2.08 bits per heavy atom. The molecule has 2 unspecified atom stereocenters. The van der Waals surface area contributed by atoms with Gasteiger partial charge in [0.25, 0.3) is 0 Å². The molecule has 0 saturated carbocycles. The third-order valence-electron chi connectivity index (χ3n) is 1.23. The van der Waals surface area contributed by atoms with Crippen LogP contribution in [0.5, 0.6) is 0 Å². The van der Waals surface area contributed by atoms with Crippen molar-refractivity contribution < 1.29 is 23.1 Å². The van der Waals surface area contributed by atoms with Crippen LogP contribution < -0.4 is 0 Å². The molecule has 12 heavy (non-hydrogen) atoms. The summed E-state index contributed by atoms with van der Waals surface area (Å²) in [6.45, 7) is 2.44. The Bertz CT molecular complexity index is 253. The van der Waals surface area contributed by atoms with E-state index in [9.17, 15) is 13.2 Å².